The van der Waals surface area contributed by atoms with E-state index in [1.165, 1.54) is 4.90 Å². The zero-order valence-corrected chi connectivity index (χ0v) is 12.5. The molecule has 0 aliphatic carbocycles. The minimum absolute atomic E-state index is 0.220. The van der Waals surface area contributed by atoms with Crippen LogP contribution in [0.25, 0.3) is 0 Å². The highest BCUT2D eigenvalue weighted by Crippen LogP contribution is 2.22. The van der Waals surface area contributed by atoms with Gasteiger partial charge in [-0.15, -0.1) is 0 Å². The van der Waals surface area contributed by atoms with E-state index in [1.54, 1.807) is 39.0 Å². The summed E-state index contributed by atoms with van der Waals surface area (Å²) in [7, 11) is -1.61. The molecule has 0 unspecified atom stereocenters. The van der Waals surface area contributed by atoms with Gasteiger partial charge in [0.05, 0.1) is 13.1 Å². The monoisotopic (exact) mass is 293 g/mol. The summed E-state index contributed by atoms with van der Waals surface area (Å²) in [4.78, 5) is 13.7. The molecule has 0 spiro atoms. The first-order chi connectivity index (χ1) is 9.78. The SMILES string of the molecule is CC(C)(C)OC(=O)N1CCOc2cccc(B(O)O)c2C1. The number of benzene rings is 1. The second kappa shape index (κ2) is 5.95. The van der Waals surface area contributed by atoms with E-state index in [2.05, 4.69) is 0 Å². The third-order valence-corrected chi connectivity index (χ3v) is 3.07. The largest absolute Gasteiger partial charge is 0.491 e. The molecule has 0 aromatic heterocycles. The summed E-state index contributed by atoms with van der Waals surface area (Å²) in [5.41, 5.74) is 0.349. The number of carbonyl (C=O) groups excluding carboxylic acids is 1. The van der Waals surface area contributed by atoms with Gasteiger partial charge in [-0.05, 0) is 32.3 Å². The average molecular weight is 293 g/mol. The molecule has 0 bridgehead atoms. The van der Waals surface area contributed by atoms with Gasteiger partial charge in [0.15, 0.2) is 0 Å². The van der Waals surface area contributed by atoms with E-state index in [1.807, 2.05) is 0 Å². The van der Waals surface area contributed by atoms with E-state index in [4.69, 9.17) is 9.47 Å². The number of nitrogens with zero attached hydrogens (tertiary/aromatic N) is 1. The molecule has 0 atom stereocenters. The number of rotatable bonds is 1. The van der Waals surface area contributed by atoms with E-state index in [-0.39, 0.29) is 6.54 Å². The van der Waals surface area contributed by atoms with Crippen molar-refractivity contribution in [3.8, 4) is 5.75 Å². The molecule has 7 heteroatoms. The van der Waals surface area contributed by atoms with Crippen molar-refractivity contribution in [1.82, 2.24) is 4.90 Å². The number of amides is 1. The average Bonchev–Trinajstić information content (AvgIpc) is 2.57. The van der Waals surface area contributed by atoms with Gasteiger partial charge in [-0.1, -0.05) is 12.1 Å². The van der Waals surface area contributed by atoms with Gasteiger partial charge in [-0.3, -0.25) is 0 Å². The molecule has 1 amide bonds. The van der Waals surface area contributed by atoms with Crippen molar-refractivity contribution in [2.45, 2.75) is 32.9 Å². The molecule has 2 N–H and O–H groups in total. The maximum atomic E-state index is 12.2. The Morgan fingerprint density at radius 2 is 2.10 bits per heavy atom. The lowest BCUT2D eigenvalue weighted by Crippen LogP contribution is -2.40. The summed E-state index contributed by atoms with van der Waals surface area (Å²) in [6, 6.07) is 5.04. The van der Waals surface area contributed by atoms with Gasteiger partial charge in [0.1, 0.15) is 18.0 Å². The van der Waals surface area contributed by atoms with E-state index in [9.17, 15) is 14.8 Å². The third-order valence-electron chi connectivity index (χ3n) is 3.07. The molecule has 1 aromatic carbocycles. The van der Waals surface area contributed by atoms with Crippen molar-refractivity contribution in [2.75, 3.05) is 13.2 Å². The van der Waals surface area contributed by atoms with Crippen molar-refractivity contribution in [1.29, 1.82) is 0 Å². The Labute approximate surface area is 124 Å². The molecule has 1 aromatic rings. The predicted molar refractivity (Wildman–Crippen MR) is 78.4 cm³/mol. The lowest BCUT2D eigenvalue weighted by molar-refractivity contribution is 0.0225. The van der Waals surface area contributed by atoms with Crippen LogP contribution in [0.5, 0.6) is 5.75 Å². The predicted octanol–water partition coefficient (Wildman–Crippen LogP) is 0.496. The Hall–Kier alpha value is -1.73. The van der Waals surface area contributed by atoms with Crippen LogP contribution < -0.4 is 10.2 Å². The first kappa shape index (κ1) is 15.7. The molecule has 21 heavy (non-hydrogen) atoms. The van der Waals surface area contributed by atoms with Crippen LogP contribution in [0.2, 0.25) is 0 Å². The molecule has 1 aliphatic heterocycles. The highest BCUT2D eigenvalue weighted by Gasteiger charge is 2.28. The van der Waals surface area contributed by atoms with Crippen molar-refractivity contribution in [3.05, 3.63) is 23.8 Å². The van der Waals surface area contributed by atoms with E-state index in [0.717, 1.165) is 0 Å². The van der Waals surface area contributed by atoms with Crippen LogP contribution in [0.15, 0.2) is 18.2 Å². The Balaban J connectivity index is 2.25. The van der Waals surface area contributed by atoms with Crippen molar-refractivity contribution < 1.29 is 24.3 Å². The highest BCUT2D eigenvalue weighted by molar-refractivity contribution is 6.59. The van der Waals surface area contributed by atoms with Gasteiger partial charge in [0.2, 0.25) is 0 Å². The van der Waals surface area contributed by atoms with Gasteiger partial charge in [-0.25, -0.2) is 4.79 Å². The molecule has 0 radical (unpaired) electrons. The maximum Gasteiger partial charge on any atom is 0.488 e. The normalized spacial score (nSPS) is 14.8. The van der Waals surface area contributed by atoms with Gasteiger partial charge >= 0.3 is 13.2 Å². The fourth-order valence-corrected chi connectivity index (χ4v) is 2.15. The number of hydrogen-bond acceptors (Lipinski definition) is 5. The van der Waals surface area contributed by atoms with Crippen LogP contribution in [0.3, 0.4) is 0 Å². The molecule has 6 nitrogen and oxygen atoms in total. The molecule has 0 saturated heterocycles. The number of hydrogen-bond donors (Lipinski definition) is 2. The first-order valence-corrected chi connectivity index (χ1v) is 6.86. The molecular formula is C14H20BNO5. The number of carbonyl (C=O) groups is 1. The van der Waals surface area contributed by atoms with Gasteiger partial charge in [-0.2, -0.15) is 0 Å². The zero-order valence-electron chi connectivity index (χ0n) is 12.5. The summed E-state index contributed by atoms with van der Waals surface area (Å²) in [6.07, 6.45) is -0.443. The molecule has 2 rings (SSSR count). The Morgan fingerprint density at radius 1 is 1.38 bits per heavy atom. The Morgan fingerprint density at radius 3 is 2.71 bits per heavy atom. The number of fused-ring (bicyclic) bond motifs is 1. The van der Waals surface area contributed by atoms with Crippen LogP contribution in [-0.4, -0.2) is 46.9 Å². The molecule has 1 aliphatic rings. The van der Waals surface area contributed by atoms with Gasteiger partial charge < -0.3 is 24.4 Å². The van der Waals surface area contributed by atoms with Crippen LogP contribution in [0.4, 0.5) is 4.79 Å². The lowest BCUT2D eigenvalue weighted by atomic mass is 9.76. The summed E-state index contributed by atoms with van der Waals surface area (Å²) >= 11 is 0. The first-order valence-electron chi connectivity index (χ1n) is 6.86. The van der Waals surface area contributed by atoms with Crippen molar-refractivity contribution >= 4 is 18.7 Å². The van der Waals surface area contributed by atoms with Crippen molar-refractivity contribution in [2.24, 2.45) is 0 Å². The Bertz CT molecular complexity index is 527. The fourth-order valence-electron chi connectivity index (χ4n) is 2.15. The summed E-state index contributed by atoms with van der Waals surface area (Å²) in [6.45, 7) is 6.34. The van der Waals surface area contributed by atoms with Gasteiger partial charge in [0, 0.05) is 5.56 Å². The van der Waals surface area contributed by atoms with E-state index >= 15 is 0 Å². The quantitative estimate of drug-likeness (QED) is 0.737. The zero-order chi connectivity index (χ0) is 15.6. The molecule has 0 fully saturated rings. The van der Waals surface area contributed by atoms with Crippen molar-refractivity contribution in [3.63, 3.8) is 0 Å². The summed E-state index contributed by atoms with van der Waals surface area (Å²) < 4.78 is 10.9. The van der Waals surface area contributed by atoms with Crippen LogP contribution in [0.1, 0.15) is 26.3 Å². The highest BCUT2D eigenvalue weighted by atomic mass is 16.6. The Kier molecular flexibility index (Phi) is 4.44. The van der Waals surface area contributed by atoms with E-state index in [0.29, 0.717) is 29.9 Å². The second-order valence-electron chi connectivity index (χ2n) is 5.95. The number of ether oxygens (including phenoxy) is 2. The summed E-state index contributed by atoms with van der Waals surface area (Å²) in [5.74, 6) is 0.562. The van der Waals surface area contributed by atoms with Crippen LogP contribution in [0, 0.1) is 0 Å². The minimum Gasteiger partial charge on any atom is -0.491 e. The van der Waals surface area contributed by atoms with Gasteiger partial charge in [0.25, 0.3) is 0 Å². The third kappa shape index (κ3) is 3.89. The fraction of sp³-hybridized carbons (Fsp3) is 0.500. The molecule has 0 saturated carbocycles. The van der Waals surface area contributed by atoms with E-state index < -0.39 is 18.8 Å². The minimum atomic E-state index is -1.61. The van der Waals surface area contributed by atoms with Crippen LogP contribution >= 0.6 is 0 Å². The summed E-state index contributed by atoms with van der Waals surface area (Å²) in [5, 5.41) is 18.9. The smallest absolute Gasteiger partial charge is 0.488 e. The maximum absolute atomic E-state index is 12.2. The topological polar surface area (TPSA) is 79.2 Å². The molecule has 114 valence electrons. The second-order valence-corrected chi connectivity index (χ2v) is 5.95. The standard InChI is InChI=1S/C14H20BNO5/c1-14(2,3)21-13(17)16-7-8-20-12-6-4-5-11(15(18)19)10(12)9-16/h4-6,18-19H,7-9H2,1-3H3. The van der Waals surface area contributed by atoms with Crippen LogP contribution in [-0.2, 0) is 11.3 Å². The molecular weight excluding hydrogens is 273 g/mol. The molecule has 1 heterocycles. The lowest BCUT2D eigenvalue weighted by Gasteiger charge is -2.26.